The highest BCUT2D eigenvalue weighted by Gasteiger charge is 2.21. The number of halogens is 2. The Hall–Kier alpha value is -1.05. The van der Waals surface area contributed by atoms with Gasteiger partial charge in [0.15, 0.2) is 0 Å². The Balaban J connectivity index is 2.19. The molecular weight excluding hydrogens is 280 g/mol. The summed E-state index contributed by atoms with van der Waals surface area (Å²) in [7, 11) is 0. The summed E-state index contributed by atoms with van der Waals surface area (Å²) in [4.78, 5) is 13.5. The highest BCUT2D eigenvalue weighted by Crippen LogP contribution is 2.30. The summed E-state index contributed by atoms with van der Waals surface area (Å²) >= 11 is 2.79. The molecule has 1 N–H and O–H groups in total. The molecule has 7 heteroatoms. The van der Waals surface area contributed by atoms with Crippen LogP contribution in [0.15, 0.2) is 17.5 Å². The van der Waals surface area contributed by atoms with Gasteiger partial charge in [-0.1, -0.05) is 0 Å². The van der Waals surface area contributed by atoms with Crippen molar-refractivity contribution in [1.29, 1.82) is 0 Å². The lowest BCUT2D eigenvalue weighted by Gasteiger charge is -2.20. The molecule has 2 aromatic rings. The number of nitrogens with zero attached hydrogens (tertiary/aromatic N) is 1. The van der Waals surface area contributed by atoms with Crippen molar-refractivity contribution in [1.82, 2.24) is 4.90 Å². The Morgan fingerprint density at radius 2 is 2.22 bits per heavy atom. The quantitative estimate of drug-likeness (QED) is 0.920. The van der Waals surface area contributed by atoms with Crippen molar-refractivity contribution in [3.8, 4) is 0 Å². The van der Waals surface area contributed by atoms with Crippen molar-refractivity contribution < 1.29 is 18.7 Å². The van der Waals surface area contributed by atoms with E-state index >= 15 is 0 Å². The lowest BCUT2D eigenvalue weighted by Crippen LogP contribution is -2.36. The van der Waals surface area contributed by atoms with Crippen molar-refractivity contribution in [2.24, 2.45) is 0 Å². The number of carbonyl (C=O) groups is 1. The smallest absolute Gasteiger partial charge is 0.264 e. The molecule has 0 aliphatic carbocycles. The van der Waals surface area contributed by atoms with Gasteiger partial charge < -0.3 is 10.0 Å². The Morgan fingerprint density at radius 1 is 1.44 bits per heavy atom. The number of rotatable bonds is 5. The molecule has 18 heavy (non-hydrogen) atoms. The van der Waals surface area contributed by atoms with E-state index in [1.165, 1.54) is 22.7 Å². The molecule has 1 amide bonds. The van der Waals surface area contributed by atoms with Gasteiger partial charge in [-0.3, -0.25) is 4.79 Å². The van der Waals surface area contributed by atoms with E-state index < -0.39 is 18.9 Å². The van der Waals surface area contributed by atoms with E-state index in [0.717, 1.165) is 14.3 Å². The first-order valence-corrected chi connectivity index (χ1v) is 6.96. The maximum atomic E-state index is 12.4. The molecule has 0 aromatic carbocycles. The van der Waals surface area contributed by atoms with Crippen LogP contribution in [-0.4, -0.2) is 42.0 Å². The molecule has 2 rings (SSSR count). The second kappa shape index (κ2) is 5.73. The van der Waals surface area contributed by atoms with Crippen LogP contribution in [0.4, 0.5) is 8.78 Å². The van der Waals surface area contributed by atoms with Gasteiger partial charge in [0.05, 0.1) is 18.0 Å². The number of alkyl halides is 2. The van der Waals surface area contributed by atoms with E-state index in [-0.39, 0.29) is 13.2 Å². The summed E-state index contributed by atoms with van der Waals surface area (Å²) in [5, 5.41) is 10.7. The summed E-state index contributed by atoms with van der Waals surface area (Å²) in [6.45, 7) is -1.04. The first kappa shape index (κ1) is 13.4. The number of fused-ring (bicyclic) bond motifs is 1. The molecule has 0 atom stereocenters. The molecule has 0 aliphatic rings. The van der Waals surface area contributed by atoms with Crippen LogP contribution in [0.5, 0.6) is 0 Å². The zero-order chi connectivity index (χ0) is 13.1. The standard InChI is InChI=1S/C11H11F2NO2S2/c12-10(13)6-14(2-3-15)11(16)9-5-8-7(18-9)1-4-17-8/h1,4-5,10,15H,2-3,6H2. The minimum atomic E-state index is -2.60. The molecular formula is C11H11F2NO2S2. The van der Waals surface area contributed by atoms with E-state index in [1.807, 2.05) is 11.4 Å². The second-order valence-corrected chi connectivity index (χ2v) is 5.66. The average Bonchev–Trinajstić information content (AvgIpc) is 2.86. The predicted molar refractivity (Wildman–Crippen MR) is 68.7 cm³/mol. The number of hydrogen-bond donors (Lipinski definition) is 1. The van der Waals surface area contributed by atoms with E-state index in [4.69, 9.17) is 5.11 Å². The van der Waals surface area contributed by atoms with Gasteiger partial charge in [-0.15, -0.1) is 22.7 Å². The third-order valence-electron chi connectivity index (χ3n) is 2.37. The van der Waals surface area contributed by atoms with Gasteiger partial charge in [-0.05, 0) is 17.5 Å². The molecule has 0 radical (unpaired) electrons. The molecule has 0 fully saturated rings. The first-order valence-electron chi connectivity index (χ1n) is 5.27. The van der Waals surface area contributed by atoms with Crippen LogP contribution >= 0.6 is 22.7 Å². The van der Waals surface area contributed by atoms with Crippen molar-refractivity contribution in [3.63, 3.8) is 0 Å². The number of amides is 1. The zero-order valence-electron chi connectivity index (χ0n) is 9.31. The van der Waals surface area contributed by atoms with Gasteiger partial charge in [0.25, 0.3) is 12.3 Å². The highest BCUT2D eigenvalue weighted by molar-refractivity contribution is 7.27. The third kappa shape index (κ3) is 2.85. The molecule has 0 aliphatic heterocycles. The molecule has 0 unspecified atom stereocenters. The fourth-order valence-corrected chi connectivity index (χ4v) is 3.67. The number of carbonyl (C=O) groups excluding carboxylic acids is 1. The van der Waals surface area contributed by atoms with Gasteiger partial charge in [0, 0.05) is 15.9 Å². The number of hydrogen-bond acceptors (Lipinski definition) is 4. The van der Waals surface area contributed by atoms with Crippen LogP contribution in [0, 0.1) is 0 Å². The SMILES string of the molecule is O=C(c1cc2sccc2s1)N(CCO)CC(F)F. The minimum absolute atomic E-state index is 0.0747. The van der Waals surface area contributed by atoms with Crippen molar-refractivity contribution in [2.75, 3.05) is 19.7 Å². The Labute approximate surface area is 110 Å². The van der Waals surface area contributed by atoms with E-state index in [9.17, 15) is 13.6 Å². The fraction of sp³-hybridized carbons (Fsp3) is 0.364. The van der Waals surface area contributed by atoms with Crippen LogP contribution < -0.4 is 0 Å². The minimum Gasteiger partial charge on any atom is -0.395 e. The molecule has 0 saturated carbocycles. The van der Waals surface area contributed by atoms with Crippen LogP contribution in [0.1, 0.15) is 9.67 Å². The number of aliphatic hydroxyl groups excluding tert-OH is 1. The Kier molecular flexibility index (Phi) is 4.26. The second-order valence-electron chi connectivity index (χ2n) is 3.63. The van der Waals surface area contributed by atoms with Crippen molar-refractivity contribution >= 4 is 38.0 Å². The lowest BCUT2D eigenvalue weighted by molar-refractivity contribution is 0.0513. The van der Waals surface area contributed by atoms with Gasteiger partial charge >= 0.3 is 0 Å². The predicted octanol–water partition coefficient (Wildman–Crippen LogP) is 2.66. The zero-order valence-corrected chi connectivity index (χ0v) is 10.9. The summed E-state index contributed by atoms with van der Waals surface area (Å²) < 4.78 is 26.7. The number of aliphatic hydroxyl groups is 1. The molecule has 0 saturated heterocycles. The summed E-state index contributed by atoms with van der Waals surface area (Å²) in [5.41, 5.74) is 0. The van der Waals surface area contributed by atoms with Gasteiger partial charge in [-0.2, -0.15) is 0 Å². The third-order valence-corrected chi connectivity index (χ3v) is 4.45. The molecule has 2 heterocycles. The Bertz CT molecular complexity index is 509. The highest BCUT2D eigenvalue weighted by atomic mass is 32.1. The van der Waals surface area contributed by atoms with Gasteiger partial charge in [0.2, 0.25) is 0 Å². The van der Waals surface area contributed by atoms with Crippen LogP contribution in [0.3, 0.4) is 0 Å². The maximum absolute atomic E-state index is 12.4. The van der Waals surface area contributed by atoms with E-state index in [0.29, 0.717) is 4.88 Å². The van der Waals surface area contributed by atoms with Crippen molar-refractivity contribution in [2.45, 2.75) is 6.43 Å². The lowest BCUT2D eigenvalue weighted by atomic mass is 10.3. The normalized spacial score (nSPS) is 11.3. The fourth-order valence-electron chi connectivity index (χ4n) is 1.59. The van der Waals surface area contributed by atoms with Crippen LogP contribution in [-0.2, 0) is 0 Å². The summed E-state index contributed by atoms with van der Waals surface area (Å²) in [6, 6.07) is 3.60. The monoisotopic (exact) mass is 291 g/mol. The molecule has 0 spiro atoms. The molecule has 3 nitrogen and oxygen atoms in total. The number of thiophene rings is 2. The summed E-state index contributed by atoms with van der Waals surface area (Å²) in [6.07, 6.45) is -2.60. The van der Waals surface area contributed by atoms with Gasteiger partial charge in [-0.25, -0.2) is 8.78 Å². The van der Waals surface area contributed by atoms with E-state index in [1.54, 1.807) is 6.07 Å². The molecule has 98 valence electrons. The maximum Gasteiger partial charge on any atom is 0.264 e. The molecule has 2 aromatic heterocycles. The van der Waals surface area contributed by atoms with Crippen molar-refractivity contribution in [3.05, 3.63) is 22.4 Å². The largest absolute Gasteiger partial charge is 0.395 e. The first-order chi connectivity index (χ1) is 8.61. The topological polar surface area (TPSA) is 40.5 Å². The van der Waals surface area contributed by atoms with Gasteiger partial charge in [0.1, 0.15) is 0 Å². The van der Waals surface area contributed by atoms with Crippen LogP contribution in [0.25, 0.3) is 9.40 Å². The van der Waals surface area contributed by atoms with Crippen LogP contribution in [0.2, 0.25) is 0 Å². The molecule has 0 bridgehead atoms. The van der Waals surface area contributed by atoms with E-state index in [2.05, 4.69) is 0 Å². The summed E-state index contributed by atoms with van der Waals surface area (Å²) in [5.74, 6) is -0.447. The average molecular weight is 291 g/mol. The Morgan fingerprint density at radius 3 is 2.83 bits per heavy atom.